The van der Waals surface area contributed by atoms with E-state index in [1.807, 2.05) is 42.5 Å². The quantitative estimate of drug-likeness (QED) is 0.249. The summed E-state index contributed by atoms with van der Waals surface area (Å²) in [4.78, 5) is 13.4. The molecule has 38 heavy (non-hydrogen) atoms. The summed E-state index contributed by atoms with van der Waals surface area (Å²) in [5.41, 5.74) is 8.57. The Hall–Kier alpha value is -5.10. The monoisotopic (exact) mass is 512 g/mol. The topological polar surface area (TPSA) is 156 Å². The summed E-state index contributed by atoms with van der Waals surface area (Å²) in [5, 5.41) is 13.8. The highest BCUT2D eigenvalue weighted by Crippen LogP contribution is 2.39. The van der Waals surface area contributed by atoms with Crippen molar-refractivity contribution in [1.29, 1.82) is 0 Å². The lowest BCUT2D eigenvalue weighted by Crippen LogP contribution is -2.10. The first-order chi connectivity index (χ1) is 18.7. The molecule has 0 aliphatic rings. The number of nitrogen functional groups attached to an aromatic ring is 1. The molecule has 12 nitrogen and oxygen atoms in total. The van der Waals surface area contributed by atoms with Gasteiger partial charge >= 0.3 is 0 Å². The Balaban J connectivity index is 1.41. The van der Waals surface area contributed by atoms with E-state index in [9.17, 15) is 0 Å². The molecule has 0 saturated heterocycles. The summed E-state index contributed by atoms with van der Waals surface area (Å²) in [7, 11) is 1.55. The fourth-order valence-corrected chi connectivity index (χ4v) is 3.51. The van der Waals surface area contributed by atoms with Crippen LogP contribution in [0.15, 0.2) is 72.9 Å². The normalized spacial score (nSPS) is 10.8. The van der Waals surface area contributed by atoms with Gasteiger partial charge in [0.15, 0.2) is 29.0 Å². The summed E-state index contributed by atoms with van der Waals surface area (Å²) >= 11 is 0. The van der Waals surface area contributed by atoms with Crippen molar-refractivity contribution >= 4 is 5.82 Å². The number of aromatic nitrogens is 7. The van der Waals surface area contributed by atoms with Crippen LogP contribution in [0.25, 0.3) is 22.9 Å². The Kier molecular flexibility index (Phi) is 7.61. The van der Waals surface area contributed by atoms with Gasteiger partial charge in [-0.2, -0.15) is 4.98 Å². The summed E-state index contributed by atoms with van der Waals surface area (Å²) in [6.45, 7) is 0.985. The number of nitrogens with one attached hydrogen (secondary N) is 1. The number of para-hydroxylation sites is 2. The molecule has 0 aliphatic heterocycles. The maximum absolute atomic E-state index is 6.36. The third kappa shape index (κ3) is 5.82. The van der Waals surface area contributed by atoms with Crippen molar-refractivity contribution in [2.75, 3.05) is 26.1 Å². The molecule has 2 aromatic carbocycles. The predicted molar refractivity (Wildman–Crippen MR) is 138 cm³/mol. The number of tetrazole rings is 1. The smallest absolute Gasteiger partial charge is 0.263 e. The van der Waals surface area contributed by atoms with E-state index in [4.69, 9.17) is 24.7 Å². The fraction of sp³-hybridized carbons (Fsp3) is 0.154. The number of hydrogen-bond acceptors (Lipinski definition) is 11. The van der Waals surface area contributed by atoms with E-state index in [0.29, 0.717) is 47.6 Å². The standard InChI is InChI=1S/C26H24N8O4/c1-35-20-9-5-6-10-21(20)38-22-23(27)29-24(18-11-12-28-19(15-18)25-31-33-34-32-25)30-26(22)37-14-13-36-16-17-7-3-2-4-8-17/h2-12,15H,13-14,16H2,1H3,(H2,27,29,30)(H,31,32,33,34). The van der Waals surface area contributed by atoms with Gasteiger partial charge in [-0.3, -0.25) is 4.98 Å². The summed E-state index contributed by atoms with van der Waals surface area (Å²) in [5.74, 6) is 2.08. The van der Waals surface area contributed by atoms with Crippen molar-refractivity contribution in [2.24, 2.45) is 0 Å². The Morgan fingerprint density at radius 2 is 1.74 bits per heavy atom. The molecule has 5 aromatic rings. The van der Waals surface area contributed by atoms with Gasteiger partial charge < -0.3 is 24.7 Å². The molecule has 5 rings (SSSR count). The van der Waals surface area contributed by atoms with Crippen molar-refractivity contribution < 1.29 is 18.9 Å². The Bertz CT molecular complexity index is 1480. The number of nitrogens with zero attached hydrogens (tertiary/aromatic N) is 6. The molecule has 0 bridgehead atoms. The third-order valence-corrected chi connectivity index (χ3v) is 5.33. The highest BCUT2D eigenvalue weighted by Gasteiger charge is 2.20. The number of pyridine rings is 1. The maximum atomic E-state index is 6.36. The molecule has 0 spiro atoms. The maximum Gasteiger partial charge on any atom is 0.263 e. The Labute approximate surface area is 217 Å². The van der Waals surface area contributed by atoms with Crippen molar-refractivity contribution in [3.8, 4) is 46.0 Å². The van der Waals surface area contributed by atoms with Gasteiger partial charge in [0.1, 0.15) is 12.3 Å². The van der Waals surface area contributed by atoms with Gasteiger partial charge in [-0.1, -0.05) is 42.5 Å². The summed E-state index contributed by atoms with van der Waals surface area (Å²) < 4.78 is 23.2. The van der Waals surface area contributed by atoms with E-state index in [1.165, 1.54) is 0 Å². The number of rotatable bonds is 11. The molecule has 0 saturated carbocycles. The molecular formula is C26H24N8O4. The molecule has 12 heteroatoms. The number of aromatic amines is 1. The molecule has 0 atom stereocenters. The van der Waals surface area contributed by atoms with Crippen LogP contribution in [0, 0.1) is 0 Å². The van der Waals surface area contributed by atoms with E-state index in [2.05, 4.69) is 35.6 Å². The number of hydrogen-bond donors (Lipinski definition) is 2. The van der Waals surface area contributed by atoms with Crippen LogP contribution in [0.3, 0.4) is 0 Å². The zero-order valence-corrected chi connectivity index (χ0v) is 20.4. The minimum absolute atomic E-state index is 0.0841. The predicted octanol–water partition coefficient (Wildman–Crippen LogP) is 3.70. The van der Waals surface area contributed by atoms with Gasteiger partial charge in [-0.05, 0) is 40.3 Å². The van der Waals surface area contributed by atoms with Gasteiger partial charge in [0.2, 0.25) is 5.75 Å². The lowest BCUT2D eigenvalue weighted by atomic mass is 10.2. The molecule has 0 radical (unpaired) electrons. The number of anilines is 1. The molecular weight excluding hydrogens is 488 g/mol. The molecule has 3 N–H and O–H groups in total. The summed E-state index contributed by atoms with van der Waals surface area (Å²) in [6.07, 6.45) is 1.60. The number of ether oxygens (including phenoxy) is 4. The number of methoxy groups -OCH3 is 1. The zero-order valence-electron chi connectivity index (χ0n) is 20.4. The van der Waals surface area contributed by atoms with E-state index < -0.39 is 0 Å². The Morgan fingerprint density at radius 1 is 0.921 bits per heavy atom. The van der Waals surface area contributed by atoms with Crippen molar-refractivity contribution in [3.05, 3.63) is 78.5 Å². The lowest BCUT2D eigenvalue weighted by molar-refractivity contribution is 0.0866. The largest absolute Gasteiger partial charge is 0.493 e. The SMILES string of the molecule is COc1ccccc1Oc1c(N)nc(-c2ccnc(-c3nnn[nH]3)c2)nc1OCCOCc1ccccc1. The van der Waals surface area contributed by atoms with Crippen LogP contribution in [0.2, 0.25) is 0 Å². The van der Waals surface area contributed by atoms with Crippen molar-refractivity contribution in [3.63, 3.8) is 0 Å². The second kappa shape index (κ2) is 11.8. The van der Waals surface area contributed by atoms with E-state index in [0.717, 1.165) is 5.56 Å². The van der Waals surface area contributed by atoms with Crippen LogP contribution in [-0.2, 0) is 11.3 Å². The third-order valence-electron chi connectivity index (χ3n) is 5.33. The fourth-order valence-electron chi connectivity index (χ4n) is 3.51. The highest BCUT2D eigenvalue weighted by atomic mass is 16.6. The number of nitrogens with two attached hydrogens (primary N) is 1. The minimum Gasteiger partial charge on any atom is -0.493 e. The summed E-state index contributed by atoms with van der Waals surface area (Å²) in [6, 6.07) is 20.5. The van der Waals surface area contributed by atoms with Gasteiger partial charge in [0, 0.05) is 11.8 Å². The van der Waals surface area contributed by atoms with Crippen LogP contribution >= 0.6 is 0 Å². The highest BCUT2D eigenvalue weighted by molar-refractivity contribution is 5.66. The van der Waals surface area contributed by atoms with Gasteiger partial charge in [-0.15, -0.1) is 5.10 Å². The van der Waals surface area contributed by atoms with E-state index in [1.54, 1.807) is 37.6 Å². The lowest BCUT2D eigenvalue weighted by Gasteiger charge is -2.16. The molecule has 192 valence electrons. The van der Waals surface area contributed by atoms with Gasteiger partial charge in [-0.25, -0.2) is 10.1 Å². The van der Waals surface area contributed by atoms with E-state index in [-0.39, 0.29) is 24.1 Å². The zero-order chi connectivity index (χ0) is 26.2. The van der Waals surface area contributed by atoms with Gasteiger partial charge in [0.05, 0.1) is 20.3 Å². The number of benzene rings is 2. The molecule has 0 amide bonds. The van der Waals surface area contributed by atoms with Crippen molar-refractivity contribution in [1.82, 2.24) is 35.6 Å². The first kappa shape index (κ1) is 24.6. The second-order valence-electron chi connectivity index (χ2n) is 7.89. The molecule has 3 aromatic heterocycles. The second-order valence-corrected chi connectivity index (χ2v) is 7.89. The average molecular weight is 513 g/mol. The first-order valence-corrected chi connectivity index (χ1v) is 11.6. The average Bonchev–Trinajstić information content (AvgIpc) is 3.50. The van der Waals surface area contributed by atoms with Crippen molar-refractivity contribution in [2.45, 2.75) is 6.61 Å². The van der Waals surface area contributed by atoms with Crippen LogP contribution < -0.4 is 19.9 Å². The molecule has 0 unspecified atom stereocenters. The Morgan fingerprint density at radius 3 is 2.53 bits per heavy atom. The van der Waals surface area contributed by atoms with E-state index >= 15 is 0 Å². The van der Waals surface area contributed by atoms with Crippen LogP contribution in [0.5, 0.6) is 23.1 Å². The number of H-pyrrole nitrogens is 1. The van der Waals surface area contributed by atoms with Crippen LogP contribution in [0.4, 0.5) is 5.82 Å². The van der Waals surface area contributed by atoms with Crippen LogP contribution in [0.1, 0.15) is 5.56 Å². The van der Waals surface area contributed by atoms with Gasteiger partial charge in [0.25, 0.3) is 5.88 Å². The first-order valence-electron chi connectivity index (χ1n) is 11.6. The molecule has 0 fully saturated rings. The molecule has 0 aliphatic carbocycles. The minimum atomic E-state index is 0.0841. The van der Waals surface area contributed by atoms with Crippen LogP contribution in [-0.4, -0.2) is 55.9 Å². The molecule has 3 heterocycles.